The summed E-state index contributed by atoms with van der Waals surface area (Å²) in [4.78, 5) is 11.5. The van der Waals surface area contributed by atoms with Gasteiger partial charge in [0.25, 0.3) is 0 Å². The molecule has 0 radical (unpaired) electrons. The van der Waals surface area contributed by atoms with Gasteiger partial charge in [0.1, 0.15) is 5.75 Å². The maximum absolute atomic E-state index is 11.5. The number of nitrogens with zero attached hydrogens (tertiary/aromatic N) is 2. The predicted octanol–water partition coefficient (Wildman–Crippen LogP) is 3.56. The second-order valence-corrected chi connectivity index (χ2v) is 5.47. The standard InChI is InChI=1S/C18H16N2O3/c1-11-3-8-15(12(2)9-11)16-10-17(18(22)23)20(19-16)13-4-6-14(21)7-5-13/h3-10,21H,1-2H3,(H,22,23). The normalized spacial score (nSPS) is 10.7. The number of phenolic OH excluding ortho intramolecular Hbond substituents is 1. The lowest BCUT2D eigenvalue weighted by Gasteiger charge is -2.05. The van der Waals surface area contributed by atoms with Crippen molar-refractivity contribution >= 4 is 5.97 Å². The molecule has 1 heterocycles. The number of aryl methyl sites for hydroxylation is 2. The SMILES string of the molecule is Cc1ccc(-c2cc(C(=O)O)n(-c3ccc(O)cc3)n2)c(C)c1. The number of carboxylic acid groups (broad SMARTS) is 1. The lowest BCUT2D eigenvalue weighted by molar-refractivity contribution is 0.0687. The highest BCUT2D eigenvalue weighted by molar-refractivity contribution is 5.88. The van der Waals surface area contributed by atoms with Crippen LogP contribution in [0.1, 0.15) is 21.6 Å². The first kappa shape index (κ1) is 14.8. The first-order chi connectivity index (χ1) is 11.0. The average molecular weight is 308 g/mol. The fraction of sp³-hybridized carbons (Fsp3) is 0.111. The number of hydrogen-bond donors (Lipinski definition) is 2. The van der Waals surface area contributed by atoms with E-state index in [0.717, 1.165) is 16.7 Å². The second-order valence-electron chi connectivity index (χ2n) is 5.47. The van der Waals surface area contributed by atoms with Crippen molar-refractivity contribution in [2.24, 2.45) is 0 Å². The molecule has 0 amide bonds. The lowest BCUT2D eigenvalue weighted by Crippen LogP contribution is -2.07. The van der Waals surface area contributed by atoms with E-state index >= 15 is 0 Å². The molecule has 116 valence electrons. The Bertz CT molecular complexity index is 880. The molecule has 0 saturated carbocycles. The third-order valence-electron chi connectivity index (χ3n) is 3.68. The van der Waals surface area contributed by atoms with E-state index in [9.17, 15) is 15.0 Å². The largest absolute Gasteiger partial charge is 0.508 e. The third kappa shape index (κ3) is 2.81. The highest BCUT2D eigenvalue weighted by Crippen LogP contribution is 2.26. The van der Waals surface area contributed by atoms with Crippen LogP contribution < -0.4 is 0 Å². The summed E-state index contributed by atoms with van der Waals surface area (Å²) in [6.07, 6.45) is 0. The van der Waals surface area contributed by atoms with Gasteiger partial charge in [-0.3, -0.25) is 0 Å². The van der Waals surface area contributed by atoms with Gasteiger partial charge in [-0.25, -0.2) is 9.48 Å². The Hall–Kier alpha value is -3.08. The van der Waals surface area contributed by atoms with Gasteiger partial charge >= 0.3 is 5.97 Å². The Morgan fingerprint density at radius 1 is 1.04 bits per heavy atom. The number of benzene rings is 2. The minimum atomic E-state index is -1.05. The van der Waals surface area contributed by atoms with Crippen molar-refractivity contribution < 1.29 is 15.0 Å². The monoisotopic (exact) mass is 308 g/mol. The zero-order valence-electron chi connectivity index (χ0n) is 12.8. The van der Waals surface area contributed by atoms with E-state index in [4.69, 9.17) is 0 Å². The van der Waals surface area contributed by atoms with E-state index in [2.05, 4.69) is 5.10 Å². The molecule has 5 nitrogen and oxygen atoms in total. The number of aromatic carboxylic acids is 1. The molecule has 3 aromatic rings. The van der Waals surface area contributed by atoms with Crippen molar-refractivity contribution in [2.45, 2.75) is 13.8 Å². The quantitative estimate of drug-likeness (QED) is 0.775. The minimum absolute atomic E-state index is 0.0747. The molecule has 1 aromatic heterocycles. The molecule has 0 aliphatic rings. The molecule has 0 saturated heterocycles. The minimum Gasteiger partial charge on any atom is -0.508 e. The van der Waals surface area contributed by atoms with Crippen molar-refractivity contribution in [1.82, 2.24) is 9.78 Å². The molecule has 0 aliphatic carbocycles. The number of aromatic nitrogens is 2. The van der Waals surface area contributed by atoms with Crippen LogP contribution >= 0.6 is 0 Å². The summed E-state index contributed by atoms with van der Waals surface area (Å²) >= 11 is 0. The first-order valence-corrected chi connectivity index (χ1v) is 7.16. The van der Waals surface area contributed by atoms with Crippen LogP contribution in [0.25, 0.3) is 16.9 Å². The number of carbonyl (C=O) groups is 1. The van der Waals surface area contributed by atoms with Crippen molar-refractivity contribution in [3.63, 3.8) is 0 Å². The molecular weight excluding hydrogens is 292 g/mol. The molecular formula is C18H16N2O3. The van der Waals surface area contributed by atoms with Crippen molar-refractivity contribution in [3.05, 3.63) is 65.4 Å². The summed E-state index contributed by atoms with van der Waals surface area (Å²) in [6.45, 7) is 3.98. The van der Waals surface area contributed by atoms with Gasteiger partial charge in [0.2, 0.25) is 0 Å². The fourth-order valence-corrected chi connectivity index (χ4v) is 2.56. The molecule has 5 heteroatoms. The number of phenols is 1. The van der Waals surface area contributed by atoms with Crippen LogP contribution in [0.3, 0.4) is 0 Å². The molecule has 23 heavy (non-hydrogen) atoms. The van der Waals surface area contributed by atoms with Gasteiger partial charge in [-0.05, 0) is 49.7 Å². The number of rotatable bonds is 3. The molecule has 0 fully saturated rings. The average Bonchev–Trinajstić information content (AvgIpc) is 2.93. The van der Waals surface area contributed by atoms with E-state index in [1.807, 2.05) is 32.0 Å². The van der Waals surface area contributed by atoms with Crippen molar-refractivity contribution in [2.75, 3.05) is 0 Å². The highest BCUT2D eigenvalue weighted by Gasteiger charge is 2.17. The van der Waals surface area contributed by atoms with E-state index in [0.29, 0.717) is 11.4 Å². The van der Waals surface area contributed by atoms with Gasteiger partial charge < -0.3 is 10.2 Å². The zero-order valence-corrected chi connectivity index (χ0v) is 12.8. The van der Waals surface area contributed by atoms with E-state index < -0.39 is 5.97 Å². The van der Waals surface area contributed by atoms with Crippen LogP contribution in [0.5, 0.6) is 5.75 Å². The van der Waals surface area contributed by atoms with Crippen LogP contribution in [0.2, 0.25) is 0 Å². The lowest BCUT2D eigenvalue weighted by atomic mass is 10.0. The highest BCUT2D eigenvalue weighted by atomic mass is 16.4. The summed E-state index contributed by atoms with van der Waals surface area (Å²) in [6, 6.07) is 13.8. The van der Waals surface area contributed by atoms with Gasteiger partial charge in [-0.15, -0.1) is 0 Å². The van der Waals surface area contributed by atoms with Crippen LogP contribution in [0.15, 0.2) is 48.5 Å². The molecule has 2 N–H and O–H groups in total. The fourth-order valence-electron chi connectivity index (χ4n) is 2.56. The first-order valence-electron chi connectivity index (χ1n) is 7.16. The van der Waals surface area contributed by atoms with E-state index in [1.165, 1.54) is 16.8 Å². The maximum atomic E-state index is 11.5. The summed E-state index contributed by atoms with van der Waals surface area (Å²) in [5, 5.41) is 23.3. The molecule has 0 bridgehead atoms. The topological polar surface area (TPSA) is 75.3 Å². The third-order valence-corrected chi connectivity index (χ3v) is 3.68. The maximum Gasteiger partial charge on any atom is 0.354 e. The number of aromatic hydroxyl groups is 1. The predicted molar refractivity (Wildman–Crippen MR) is 87.1 cm³/mol. The van der Waals surface area contributed by atoms with Gasteiger partial charge in [0.15, 0.2) is 5.69 Å². The summed E-state index contributed by atoms with van der Waals surface area (Å²) in [5.41, 5.74) is 4.34. The Kier molecular flexibility index (Phi) is 3.62. The van der Waals surface area contributed by atoms with E-state index in [1.54, 1.807) is 18.2 Å². The molecule has 0 aliphatic heterocycles. The Morgan fingerprint density at radius 3 is 2.35 bits per heavy atom. The molecule has 0 spiro atoms. The van der Waals surface area contributed by atoms with Crippen LogP contribution in [-0.2, 0) is 0 Å². The second kappa shape index (κ2) is 5.61. The summed E-state index contributed by atoms with van der Waals surface area (Å²) < 4.78 is 1.37. The Balaban J connectivity index is 2.16. The van der Waals surface area contributed by atoms with Crippen LogP contribution in [0, 0.1) is 13.8 Å². The summed E-state index contributed by atoms with van der Waals surface area (Å²) in [5.74, 6) is -0.936. The molecule has 0 unspecified atom stereocenters. The van der Waals surface area contributed by atoms with Gasteiger partial charge in [-0.1, -0.05) is 23.8 Å². The van der Waals surface area contributed by atoms with Gasteiger partial charge in [0.05, 0.1) is 11.4 Å². The van der Waals surface area contributed by atoms with Gasteiger partial charge in [-0.2, -0.15) is 5.10 Å². The molecule has 0 atom stereocenters. The van der Waals surface area contributed by atoms with Crippen molar-refractivity contribution in [1.29, 1.82) is 0 Å². The zero-order chi connectivity index (χ0) is 16.6. The Morgan fingerprint density at radius 2 is 1.74 bits per heavy atom. The van der Waals surface area contributed by atoms with Crippen molar-refractivity contribution in [3.8, 4) is 22.7 Å². The molecule has 2 aromatic carbocycles. The molecule has 3 rings (SSSR count). The van der Waals surface area contributed by atoms with E-state index in [-0.39, 0.29) is 11.4 Å². The van der Waals surface area contributed by atoms with Crippen LogP contribution in [0.4, 0.5) is 0 Å². The summed E-state index contributed by atoms with van der Waals surface area (Å²) in [7, 11) is 0. The smallest absolute Gasteiger partial charge is 0.354 e. The van der Waals surface area contributed by atoms with Gasteiger partial charge in [0, 0.05) is 5.56 Å². The van der Waals surface area contributed by atoms with Crippen LogP contribution in [-0.4, -0.2) is 26.0 Å². The number of carboxylic acids is 1. The number of hydrogen-bond acceptors (Lipinski definition) is 3. The Labute approximate surface area is 133 Å².